The van der Waals surface area contributed by atoms with Crippen molar-refractivity contribution in [1.29, 1.82) is 0 Å². The van der Waals surface area contributed by atoms with Crippen LogP contribution < -0.4 is 0 Å². The van der Waals surface area contributed by atoms with Crippen molar-refractivity contribution in [2.24, 2.45) is 0 Å². The Morgan fingerprint density at radius 1 is 1.26 bits per heavy atom. The number of rotatable bonds is 4. The second-order valence-electron chi connectivity index (χ2n) is 6.40. The molecule has 5 nitrogen and oxygen atoms in total. The maximum Gasteiger partial charge on any atom is 0.243 e. The van der Waals surface area contributed by atoms with Gasteiger partial charge in [0.05, 0.1) is 16.6 Å². The van der Waals surface area contributed by atoms with E-state index in [2.05, 4.69) is 5.16 Å². The number of aryl methyl sites for hydroxylation is 1. The van der Waals surface area contributed by atoms with E-state index in [1.165, 1.54) is 0 Å². The average Bonchev–Trinajstić information content (AvgIpc) is 3.16. The van der Waals surface area contributed by atoms with E-state index in [9.17, 15) is 8.42 Å². The van der Waals surface area contributed by atoms with Crippen LogP contribution >= 0.6 is 0 Å². The molecule has 1 aliphatic heterocycles. The number of hydrogen-bond donors (Lipinski definition) is 0. The summed E-state index contributed by atoms with van der Waals surface area (Å²) in [6.07, 6.45) is 1.59. The van der Waals surface area contributed by atoms with Crippen molar-refractivity contribution < 1.29 is 12.9 Å². The summed E-state index contributed by atoms with van der Waals surface area (Å²) in [5.74, 6) is 0.901. The fraction of sp³-hybridized carbons (Fsp3) is 0.471. The molecule has 23 heavy (non-hydrogen) atoms. The molecule has 0 spiro atoms. The van der Waals surface area contributed by atoms with Crippen LogP contribution in [-0.2, 0) is 10.0 Å². The SMILES string of the molecule is Cc1ccc(S(=O)(=O)N2CCC[C@H]2c2cc(C(C)C)no2)cc1. The van der Waals surface area contributed by atoms with E-state index in [1.54, 1.807) is 16.4 Å². The lowest BCUT2D eigenvalue weighted by molar-refractivity contribution is 0.295. The summed E-state index contributed by atoms with van der Waals surface area (Å²) in [5.41, 5.74) is 1.90. The van der Waals surface area contributed by atoms with Gasteiger partial charge in [-0.3, -0.25) is 0 Å². The van der Waals surface area contributed by atoms with Crippen LogP contribution in [0.15, 0.2) is 39.8 Å². The smallest absolute Gasteiger partial charge is 0.243 e. The third kappa shape index (κ3) is 3.05. The summed E-state index contributed by atoms with van der Waals surface area (Å²) in [7, 11) is -3.52. The first kappa shape index (κ1) is 16.2. The van der Waals surface area contributed by atoms with Crippen LogP contribution in [0.3, 0.4) is 0 Å². The van der Waals surface area contributed by atoms with Gasteiger partial charge in [-0.05, 0) is 37.8 Å². The van der Waals surface area contributed by atoms with Crippen LogP contribution in [0, 0.1) is 6.92 Å². The van der Waals surface area contributed by atoms with Crippen molar-refractivity contribution in [2.45, 2.75) is 50.5 Å². The Morgan fingerprint density at radius 3 is 2.57 bits per heavy atom. The Labute approximate surface area is 137 Å². The number of sulfonamides is 1. The molecule has 3 rings (SSSR count). The lowest BCUT2D eigenvalue weighted by Crippen LogP contribution is -2.30. The normalized spacial score (nSPS) is 19.6. The second-order valence-corrected chi connectivity index (χ2v) is 8.29. The number of hydrogen-bond acceptors (Lipinski definition) is 4. The molecule has 6 heteroatoms. The van der Waals surface area contributed by atoms with Gasteiger partial charge in [0.2, 0.25) is 10.0 Å². The van der Waals surface area contributed by atoms with Gasteiger partial charge in [-0.2, -0.15) is 4.31 Å². The van der Waals surface area contributed by atoms with Crippen molar-refractivity contribution in [3.05, 3.63) is 47.3 Å². The molecule has 0 aliphatic carbocycles. The van der Waals surface area contributed by atoms with Crippen LogP contribution in [0.5, 0.6) is 0 Å². The van der Waals surface area contributed by atoms with Gasteiger partial charge in [-0.15, -0.1) is 0 Å². The van der Waals surface area contributed by atoms with Crippen LogP contribution in [0.4, 0.5) is 0 Å². The highest BCUT2D eigenvalue weighted by atomic mass is 32.2. The Morgan fingerprint density at radius 2 is 1.96 bits per heavy atom. The monoisotopic (exact) mass is 334 g/mol. The van der Waals surface area contributed by atoms with E-state index in [1.807, 2.05) is 39.0 Å². The van der Waals surface area contributed by atoms with E-state index >= 15 is 0 Å². The lowest BCUT2D eigenvalue weighted by Gasteiger charge is -2.22. The molecule has 1 fully saturated rings. The van der Waals surface area contributed by atoms with Crippen LogP contribution in [-0.4, -0.2) is 24.4 Å². The van der Waals surface area contributed by atoms with Gasteiger partial charge in [0.15, 0.2) is 5.76 Å². The average molecular weight is 334 g/mol. The van der Waals surface area contributed by atoms with Gasteiger partial charge in [-0.1, -0.05) is 36.7 Å². The molecule has 0 amide bonds. The Balaban J connectivity index is 1.92. The third-order valence-corrected chi connectivity index (χ3v) is 6.22. The molecule has 0 saturated carbocycles. The lowest BCUT2D eigenvalue weighted by atomic mass is 10.1. The quantitative estimate of drug-likeness (QED) is 0.856. The highest BCUT2D eigenvalue weighted by Gasteiger charge is 2.38. The summed E-state index contributed by atoms with van der Waals surface area (Å²) in [5, 5.41) is 4.06. The molecule has 1 atom stereocenters. The molecule has 0 N–H and O–H groups in total. The number of benzene rings is 1. The van der Waals surface area contributed by atoms with E-state index in [4.69, 9.17) is 4.52 Å². The zero-order chi connectivity index (χ0) is 16.6. The molecule has 2 aromatic rings. The van der Waals surface area contributed by atoms with Gasteiger partial charge >= 0.3 is 0 Å². The molecular weight excluding hydrogens is 312 g/mol. The molecule has 1 aliphatic rings. The van der Waals surface area contributed by atoms with Gasteiger partial charge in [0.1, 0.15) is 0 Å². The van der Waals surface area contributed by atoms with Gasteiger partial charge < -0.3 is 4.52 Å². The molecular formula is C17H22N2O3S. The first-order valence-corrected chi connectivity index (χ1v) is 9.38. The third-order valence-electron chi connectivity index (χ3n) is 4.30. The maximum absolute atomic E-state index is 12.9. The number of nitrogens with zero attached hydrogens (tertiary/aromatic N) is 2. The minimum Gasteiger partial charge on any atom is -0.359 e. The van der Waals surface area contributed by atoms with E-state index in [0.29, 0.717) is 17.2 Å². The van der Waals surface area contributed by atoms with Gasteiger partial charge in [0, 0.05) is 12.6 Å². The molecule has 0 unspecified atom stereocenters. The van der Waals surface area contributed by atoms with Crippen LogP contribution in [0.1, 0.15) is 55.7 Å². The summed E-state index contributed by atoms with van der Waals surface area (Å²) in [6, 6.07) is 8.60. The topological polar surface area (TPSA) is 63.4 Å². The van der Waals surface area contributed by atoms with E-state index in [0.717, 1.165) is 24.1 Å². The molecule has 1 saturated heterocycles. The molecule has 2 heterocycles. The Kier molecular flexibility index (Phi) is 4.29. The standard InChI is InChI=1S/C17H22N2O3S/c1-12(2)15-11-17(22-18-15)16-5-4-10-19(16)23(20,21)14-8-6-13(3)7-9-14/h6-9,11-12,16H,4-5,10H2,1-3H3/t16-/m0/s1. The zero-order valence-electron chi connectivity index (χ0n) is 13.7. The fourth-order valence-corrected chi connectivity index (χ4v) is 4.56. The van der Waals surface area contributed by atoms with Crippen molar-refractivity contribution in [2.75, 3.05) is 6.54 Å². The molecule has 1 aromatic heterocycles. The Hall–Kier alpha value is -1.66. The molecule has 0 radical (unpaired) electrons. The largest absolute Gasteiger partial charge is 0.359 e. The molecule has 0 bridgehead atoms. The van der Waals surface area contributed by atoms with Crippen LogP contribution in [0.25, 0.3) is 0 Å². The highest BCUT2D eigenvalue weighted by Crippen LogP contribution is 2.37. The van der Waals surface area contributed by atoms with Crippen molar-refractivity contribution in [1.82, 2.24) is 9.46 Å². The van der Waals surface area contributed by atoms with E-state index in [-0.39, 0.29) is 12.0 Å². The first-order chi connectivity index (χ1) is 10.9. The molecule has 124 valence electrons. The fourth-order valence-electron chi connectivity index (χ4n) is 2.89. The minimum absolute atomic E-state index is 0.260. The zero-order valence-corrected chi connectivity index (χ0v) is 14.5. The maximum atomic E-state index is 12.9. The van der Waals surface area contributed by atoms with Crippen molar-refractivity contribution >= 4 is 10.0 Å². The Bertz CT molecular complexity index is 778. The summed E-state index contributed by atoms with van der Waals surface area (Å²) >= 11 is 0. The van der Waals surface area contributed by atoms with E-state index < -0.39 is 10.0 Å². The predicted octanol–water partition coefficient (Wildman–Crippen LogP) is 3.63. The predicted molar refractivity (Wildman–Crippen MR) is 87.6 cm³/mol. The summed E-state index contributed by atoms with van der Waals surface area (Å²) in [4.78, 5) is 0.332. The van der Waals surface area contributed by atoms with Gasteiger partial charge in [-0.25, -0.2) is 8.42 Å². The van der Waals surface area contributed by atoms with Crippen molar-refractivity contribution in [3.63, 3.8) is 0 Å². The summed E-state index contributed by atoms with van der Waals surface area (Å²) < 4.78 is 32.8. The molecule has 1 aromatic carbocycles. The van der Waals surface area contributed by atoms with Gasteiger partial charge in [0.25, 0.3) is 0 Å². The van der Waals surface area contributed by atoms with Crippen LogP contribution in [0.2, 0.25) is 0 Å². The minimum atomic E-state index is -3.52. The highest BCUT2D eigenvalue weighted by molar-refractivity contribution is 7.89. The summed E-state index contributed by atoms with van der Waals surface area (Å²) in [6.45, 7) is 6.53. The second kappa shape index (κ2) is 6.09. The first-order valence-electron chi connectivity index (χ1n) is 7.94. The van der Waals surface area contributed by atoms with Crippen molar-refractivity contribution in [3.8, 4) is 0 Å². The number of aromatic nitrogens is 1.